The number of nitrogens with zero attached hydrogens (tertiary/aromatic N) is 1. The zero-order valence-electron chi connectivity index (χ0n) is 7.42. The molecule has 0 fully saturated rings. The summed E-state index contributed by atoms with van der Waals surface area (Å²) in [6.07, 6.45) is 0. The minimum atomic E-state index is -0.337. The molecule has 0 aliphatic rings. The largest absolute Gasteiger partial charge is 0.407 e. The second-order valence-electron chi connectivity index (χ2n) is 2.67. The van der Waals surface area contributed by atoms with E-state index in [-0.39, 0.29) is 5.97 Å². The van der Waals surface area contributed by atoms with E-state index in [1.165, 1.54) is 6.92 Å². The van der Waals surface area contributed by atoms with Crippen LogP contribution in [0.25, 0.3) is 0 Å². The molecule has 1 aromatic rings. The first-order chi connectivity index (χ1) is 5.59. The molecule has 0 aliphatic carbocycles. The second-order valence-corrected chi connectivity index (χ2v) is 2.67. The van der Waals surface area contributed by atoms with Crippen molar-refractivity contribution in [3.05, 3.63) is 23.4 Å². The van der Waals surface area contributed by atoms with Crippen molar-refractivity contribution in [3.8, 4) is 5.88 Å². The topological polar surface area (TPSA) is 39.2 Å². The minimum Gasteiger partial charge on any atom is -0.407 e. The fraction of sp³-hybridized carbons (Fsp3) is 0.333. The van der Waals surface area contributed by atoms with Crippen molar-refractivity contribution in [1.82, 2.24) is 4.98 Å². The summed E-state index contributed by atoms with van der Waals surface area (Å²) in [6, 6.07) is 3.75. The third-order valence-corrected chi connectivity index (χ3v) is 1.43. The molecule has 0 saturated carbocycles. The molecule has 0 unspecified atom stereocenters. The van der Waals surface area contributed by atoms with Gasteiger partial charge in [-0.15, -0.1) is 0 Å². The maximum Gasteiger partial charge on any atom is 0.309 e. The Balaban J connectivity index is 2.97. The number of aromatic nitrogens is 1. The van der Waals surface area contributed by atoms with E-state index in [4.69, 9.17) is 4.74 Å². The molecule has 1 aromatic heterocycles. The normalized spacial score (nSPS) is 9.58. The number of carbonyl (C=O) groups excluding carboxylic acids is 1. The van der Waals surface area contributed by atoms with Gasteiger partial charge in [0.25, 0.3) is 0 Å². The lowest BCUT2D eigenvalue weighted by Gasteiger charge is -2.03. The van der Waals surface area contributed by atoms with E-state index in [1.54, 1.807) is 0 Å². The van der Waals surface area contributed by atoms with Crippen molar-refractivity contribution < 1.29 is 9.53 Å². The van der Waals surface area contributed by atoms with Gasteiger partial charge in [0.2, 0.25) is 5.88 Å². The molecule has 0 amide bonds. The predicted molar refractivity (Wildman–Crippen MR) is 45.0 cm³/mol. The Labute approximate surface area is 71.4 Å². The Hall–Kier alpha value is -1.38. The van der Waals surface area contributed by atoms with Crippen LogP contribution in [0.2, 0.25) is 0 Å². The quantitative estimate of drug-likeness (QED) is 0.593. The van der Waals surface area contributed by atoms with Crippen LogP contribution in [-0.2, 0) is 4.79 Å². The summed E-state index contributed by atoms with van der Waals surface area (Å²) >= 11 is 0. The van der Waals surface area contributed by atoms with Crippen LogP contribution in [0.3, 0.4) is 0 Å². The first-order valence-electron chi connectivity index (χ1n) is 3.72. The van der Waals surface area contributed by atoms with Crippen LogP contribution >= 0.6 is 0 Å². The highest BCUT2D eigenvalue weighted by molar-refractivity contribution is 5.69. The summed E-state index contributed by atoms with van der Waals surface area (Å²) in [6.45, 7) is 5.07. The zero-order valence-corrected chi connectivity index (χ0v) is 7.42. The van der Waals surface area contributed by atoms with Crippen LogP contribution in [0.5, 0.6) is 5.88 Å². The molecular weight excluding hydrogens is 154 g/mol. The maximum atomic E-state index is 10.6. The number of hydrogen-bond acceptors (Lipinski definition) is 3. The smallest absolute Gasteiger partial charge is 0.309 e. The Bertz CT molecular complexity index is 307. The van der Waals surface area contributed by atoms with E-state index < -0.39 is 0 Å². The fourth-order valence-corrected chi connectivity index (χ4v) is 0.842. The summed E-state index contributed by atoms with van der Waals surface area (Å²) in [5.41, 5.74) is 1.72. The average molecular weight is 165 g/mol. The molecule has 0 bridgehead atoms. The molecule has 0 saturated heterocycles. The van der Waals surface area contributed by atoms with Crippen LogP contribution in [0.15, 0.2) is 12.1 Å². The highest BCUT2D eigenvalue weighted by Gasteiger charge is 2.03. The van der Waals surface area contributed by atoms with Gasteiger partial charge in [-0.2, -0.15) is 0 Å². The molecular formula is C9H11NO2. The van der Waals surface area contributed by atoms with E-state index in [0.717, 1.165) is 11.3 Å². The van der Waals surface area contributed by atoms with Crippen molar-refractivity contribution in [1.29, 1.82) is 0 Å². The molecule has 0 radical (unpaired) electrons. The van der Waals surface area contributed by atoms with Gasteiger partial charge >= 0.3 is 5.97 Å². The number of aryl methyl sites for hydroxylation is 2. The molecule has 0 aliphatic heterocycles. The van der Waals surface area contributed by atoms with E-state index in [2.05, 4.69) is 4.98 Å². The van der Waals surface area contributed by atoms with E-state index in [9.17, 15) is 4.79 Å². The van der Waals surface area contributed by atoms with Gasteiger partial charge in [-0.1, -0.05) is 6.07 Å². The van der Waals surface area contributed by atoms with Gasteiger partial charge in [-0.25, -0.2) is 4.98 Å². The van der Waals surface area contributed by atoms with Crippen LogP contribution in [-0.4, -0.2) is 11.0 Å². The summed E-state index contributed by atoms with van der Waals surface area (Å²) in [4.78, 5) is 14.7. The summed E-state index contributed by atoms with van der Waals surface area (Å²) in [5.74, 6) is 0.0682. The Kier molecular flexibility index (Phi) is 2.43. The number of esters is 1. The number of hydrogen-bond donors (Lipinski definition) is 0. The van der Waals surface area contributed by atoms with Crippen LogP contribution in [0.1, 0.15) is 18.2 Å². The SMILES string of the molecule is CC(=O)Oc1nc(C)ccc1C. The van der Waals surface area contributed by atoms with Crippen molar-refractivity contribution in [3.63, 3.8) is 0 Å². The van der Waals surface area contributed by atoms with Gasteiger partial charge in [-0.05, 0) is 19.9 Å². The van der Waals surface area contributed by atoms with E-state index in [0.29, 0.717) is 5.88 Å². The number of rotatable bonds is 1. The van der Waals surface area contributed by atoms with Gasteiger partial charge in [0, 0.05) is 18.2 Å². The monoisotopic (exact) mass is 165 g/mol. The standard InChI is InChI=1S/C9H11NO2/c1-6-4-5-7(2)10-9(6)12-8(3)11/h4-5H,1-3H3. The second kappa shape index (κ2) is 3.34. The van der Waals surface area contributed by atoms with E-state index in [1.807, 2.05) is 26.0 Å². The van der Waals surface area contributed by atoms with Crippen molar-refractivity contribution in [2.45, 2.75) is 20.8 Å². The predicted octanol–water partition coefficient (Wildman–Crippen LogP) is 1.62. The first-order valence-corrected chi connectivity index (χ1v) is 3.72. The van der Waals surface area contributed by atoms with Gasteiger partial charge in [0.1, 0.15) is 0 Å². The van der Waals surface area contributed by atoms with Gasteiger partial charge in [0.15, 0.2) is 0 Å². The lowest BCUT2D eigenvalue weighted by Crippen LogP contribution is -2.04. The van der Waals surface area contributed by atoms with Crippen molar-refractivity contribution >= 4 is 5.97 Å². The minimum absolute atomic E-state index is 0.337. The van der Waals surface area contributed by atoms with Crippen LogP contribution in [0, 0.1) is 13.8 Å². The van der Waals surface area contributed by atoms with Crippen molar-refractivity contribution in [2.24, 2.45) is 0 Å². The first kappa shape index (κ1) is 8.71. The maximum absolute atomic E-state index is 10.6. The van der Waals surface area contributed by atoms with Gasteiger partial charge in [0.05, 0.1) is 0 Å². The summed E-state index contributed by atoms with van der Waals surface area (Å²) in [7, 11) is 0. The Morgan fingerprint density at radius 2 is 2.08 bits per heavy atom. The van der Waals surface area contributed by atoms with Gasteiger partial charge < -0.3 is 4.74 Å². The number of carbonyl (C=O) groups is 1. The molecule has 0 aromatic carbocycles. The summed E-state index contributed by atoms with van der Waals surface area (Å²) in [5, 5.41) is 0. The van der Waals surface area contributed by atoms with Crippen molar-refractivity contribution in [2.75, 3.05) is 0 Å². The number of ether oxygens (including phenoxy) is 1. The molecule has 0 atom stereocenters. The van der Waals surface area contributed by atoms with Gasteiger partial charge in [-0.3, -0.25) is 4.79 Å². The van der Waals surface area contributed by atoms with E-state index >= 15 is 0 Å². The highest BCUT2D eigenvalue weighted by atomic mass is 16.5. The Morgan fingerprint density at radius 3 is 2.67 bits per heavy atom. The average Bonchev–Trinajstić information content (AvgIpc) is 1.96. The fourth-order valence-electron chi connectivity index (χ4n) is 0.842. The third-order valence-electron chi connectivity index (χ3n) is 1.43. The molecule has 12 heavy (non-hydrogen) atoms. The molecule has 0 spiro atoms. The third kappa shape index (κ3) is 2.05. The lowest BCUT2D eigenvalue weighted by molar-refractivity contribution is -0.132. The highest BCUT2D eigenvalue weighted by Crippen LogP contribution is 2.14. The molecule has 1 heterocycles. The number of pyridine rings is 1. The summed E-state index contributed by atoms with van der Waals surface area (Å²) < 4.78 is 4.88. The molecule has 3 heteroatoms. The zero-order chi connectivity index (χ0) is 9.14. The molecule has 3 nitrogen and oxygen atoms in total. The van der Waals surface area contributed by atoms with Crippen LogP contribution < -0.4 is 4.74 Å². The lowest BCUT2D eigenvalue weighted by atomic mass is 10.3. The molecule has 1 rings (SSSR count). The molecule has 0 N–H and O–H groups in total. The van der Waals surface area contributed by atoms with Crippen LogP contribution in [0.4, 0.5) is 0 Å². The molecule has 64 valence electrons. The Morgan fingerprint density at radius 1 is 1.42 bits per heavy atom.